The van der Waals surface area contributed by atoms with Crippen LogP contribution in [0.15, 0.2) is 0 Å². The van der Waals surface area contributed by atoms with E-state index in [1.54, 1.807) is 0 Å². The third-order valence-corrected chi connectivity index (χ3v) is 2.97. The highest BCUT2D eigenvalue weighted by molar-refractivity contribution is 5.80. The van der Waals surface area contributed by atoms with Crippen molar-refractivity contribution in [2.45, 2.75) is 52.0 Å². The molecular formula is C10H20N2. The molecule has 2 heteroatoms. The number of nitrogens with one attached hydrogen (secondary N) is 1. The molecule has 0 atom stereocenters. The number of rotatable bonds is 2. The maximum Gasteiger partial charge on any atom is 0.0962 e. The third kappa shape index (κ3) is 1.79. The highest BCUT2D eigenvalue weighted by atomic mass is 15.2. The molecule has 0 aliphatic carbocycles. The van der Waals surface area contributed by atoms with E-state index in [1.165, 1.54) is 12.8 Å². The van der Waals surface area contributed by atoms with Gasteiger partial charge in [-0.2, -0.15) is 0 Å². The molecule has 1 aliphatic rings. The average molecular weight is 168 g/mol. The van der Waals surface area contributed by atoms with Gasteiger partial charge in [0, 0.05) is 18.5 Å². The van der Waals surface area contributed by atoms with Gasteiger partial charge >= 0.3 is 0 Å². The Kier molecular flexibility index (Phi) is 2.76. The molecule has 1 rings (SSSR count). The van der Waals surface area contributed by atoms with Gasteiger partial charge in [0.1, 0.15) is 0 Å². The zero-order chi connectivity index (χ0) is 9.19. The summed E-state index contributed by atoms with van der Waals surface area (Å²) < 4.78 is 0. The summed E-state index contributed by atoms with van der Waals surface area (Å²) in [6.07, 6.45) is 4.56. The third-order valence-electron chi connectivity index (χ3n) is 2.97. The maximum absolute atomic E-state index is 7.83. The molecule has 0 bridgehead atoms. The van der Waals surface area contributed by atoms with Crippen LogP contribution in [-0.4, -0.2) is 22.8 Å². The molecule has 1 saturated heterocycles. The highest BCUT2D eigenvalue weighted by Crippen LogP contribution is 2.24. The monoisotopic (exact) mass is 168 g/mol. The SMILES string of the molecule is CCC(C)(C)N1CCCCC1=N. The van der Waals surface area contributed by atoms with Crippen LogP contribution in [0.25, 0.3) is 0 Å². The van der Waals surface area contributed by atoms with Gasteiger partial charge in [0.25, 0.3) is 0 Å². The molecule has 1 fully saturated rings. The van der Waals surface area contributed by atoms with Crippen LogP contribution in [0.2, 0.25) is 0 Å². The van der Waals surface area contributed by atoms with Crippen molar-refractivity contribution in [3.05, 3.63) is 0 Å². The zero-order valence-corrected chi connectivity index (χ0v) is 8.48. The summed E-state index contributed by atoms with van der Waals surface area (Å²) in [5, 5.41) is 7.83. The molecule has 0 saturated carbocycles. The minimum absolute atomic E-state index is 0.192. The lowest BCUT2D eigenvalue weighted by molar-refractivity contribution is 0.187. The predicted octanol–water partition coefficient (Wildman–Crippen LogP) is 2.64. The maximum atomic E-state index is 7.83. The van der Waals surface area contributed by atoms with Crippen LogP contribution in [0.3, 0.4) is 0 Å². The molecule has 0 spiro atoms. The first-order valence-electron chi connectivity index (χ1n) is 4.93. The largest absolute Gasteiger partial charge is 0.355 e. The van der Waals surface area contributed by atoms with Crippen LogP contribution in [0.1, 0.15) is 46.5 Å². The first-order chi connectivity index (χ1) is 5.58. The highest BCUT2D eigenvalue weighted by Gasteiger charge is 2.28. The molecule has 1 N–H and O–H groups in total. The van der Waals surface area contributed by atoms with Gasteiger partial charge in [0.2, 0.25) is 0 Å². The Morgan fingerprint density at radius 2 is 2.08 bits per heavy atom. The van der Waals surface area contributed by atoms with Gasteiger partial charge in [-0.05, 0) is 33.1 Å². The van der Waals surface area contributed by atoms with Crippen molar-refractivity contribution in [3.63, 3.8) is 0 Å². The molecule has 0 aromatic heterocycles. The first kappa shape index (κ1) is 9.56. The Morgan fingerprint density at radius 3 is 2.58 bits per heavy atom. The zero-order valence-electron chi connectivity index (χ0n) is 8.48. The standard InChI is InChI=1S/C10H20N2/c1-4-10(2,3)12-8-6-5-7-9(12)11/h11H,4-8H2,1-3H3. The number of amidine groups is 1. The molecule has 0 aromatic rings. The van der Waals surface area contributed by atoms with Crippen molar-refractivity contribution < 1.29 is 0 Å². The van der Waals surface area contributed by atoms with E-state index in [0.717, 1.165) is 25.2 Å². The number of piperidine rings is 1. The Balaban J connectivity index is 2.65. The van der Waals surface area contributed by atoms with Gasteiger partial charge < -0.3 is 4.90 Å². The van der Waals surface area contributed by atoms with Gasteiger partial charge in [-0.3, -0.25) is 5.41 Å². The first-order valence-corrected chi connectivity index (χ1v) is 4.93. The molecule has 1 aliphatic heterocycles. The number of hydrogen-bond donors (Lipinski definition) is 1. The molecule has 0 unspecified atom stereocenters. The lowest BCUT2D eigenvalue weighted by atomic mass is 9.95. The fourth-order valence-electron chi connectivity index (χ4n) is 1.69. The predicted molar refractivity (Wildman–Crippen MR) is 52.7 cm³/mol. The summed E-state index contributed by atoms with van der Waals surface area (Å²) in [6, 6.07) is 0. The summed E-state index contributed by atoms with van der Waals surface area (Å²) in [5.41, 5.74) is 0.192. The van der Waals surface area contributed by atoms with Crippen molar-refractivity contribution in [2.24, 2.45) is 0 Å². The van der Waals surface area contributed by atoms with Crippen LogP contribution in [0.4, 0.5) is 0 Å². The summed E-state index contributed by atoms with van der Waals surface area (Å²) in [5.74, 6) is 0.841. The van der Waals surface area contributed by atoms with E-state index in [2.05, 4.69) is 25.7 Å². The topological polar surface area (TPSA) is 27.1 Å². The van der Waals surface area contributed by atoms with E-state index in [9.17, 15) is 0 Å². The van der Waals surface area contributed by atoms with E-state index in [4.69, 9.17) is 5.41 Å². The Morgan fingerprint density at radius 1 is 1.42 bits per heavy atom. The van der Waals surface area contributed by atoms with Gasteiger partial charge in [-0.1, -0.05) is 6.92 Å². The van der Waals surface area contributed by atoms with Gasteiger partial charge in [0.15, 0.2) is 0 Å². The minimum atomic E-state index is 0.192. The van der Waals surface area contributed by atoms with Crippen molar-refractivity contribution in [1.29, 1.82) is 5.41 Å². The van der Waals surface area contributed by atoms with E-state index in [0.29, 0.717) is 0 Å². The molecular weight excluding hydrogens is 148 g/mol. The lowest BCUT2D eigenvalue weighted by Gasteiger charge is -2.42. The van der Waals surface area contributed by atoms with Crippen molar-refractivity contribution in [2.75, 3.05) is 6.54 Å². The quantitative estimate of drug-likeness (QED) is 0.674. The van der Waals surface area contributed by atoms with Gasteiger partial charge in [-0.25, -0.2) is 0 Å². The van der Waals surface area contributed by atoms with Crippen LogP contribution >= 0.6 is 0 Å². The summed E-state index contributed by atoms with van der Waals surface area (Å²) >= 11 is 0. The van der Waals surface area contributed by atoms with E-state index < -0.39 is 0 Å². The fraction of sp³-hybridized carbons (Fsp3) is 0.900. The van der Waals surface area contributed by atoms with E-state index >= 15 is 0 Å². The van der Waals surface area contributed by atoms with E-state index in [1.807, 2.05) is 0 Å². The van der Waals surface area contributed by atoms with Crippen molar-refractivity contribution in [1.82, 2.24) is 4.90 Å². The van der Waals surface area contributed by atoms with Crippen LogP contribution in [-0.2, 0) is 0 Å². The molecule has 1 heterocycles. The molecule has 0 radical (unpaired) electrons. The molecule has 0 amide bonds. The van der Waals surface area contributed by atoms with Crippen LogP contribution in [0, 0.1) is 5.41 Å². The van der Waals surface area contributed by atoms with Crippen LogP contribution in [0.5, 0.6) is 0 Å². The normalized spacial score (nSPS) is 19.9. The number of nitrogens with zero attached hydrogens (tertiary/aromatic N) is 1. The fourth-order valence-corrected chi connectivity index (χ4v) is 1.69. The summed E-state index contributed by atoms with van der Waals surface area (Å²) in [6.45, 7) is 7.74. The van der Waals surface area contributed by atoms with Crippen molar-refractivity contribution in [3.8, 4) is 0 Å². The average Bonchev–Trinajstić information content (AvgIpc) is 2.05. The number of likely N-dealkylation sites (tertiary alicyclic amines) is 1. The molecule has 0 aromatic carbocycles. The Labute approximate surface area is 75.5 Å². The molecule has 2 nitrogen and oxygen atoms in total. The number of hydrogen-bond acceptors (Lipinski definition) is 1. The van der Waals surface area contributed by atoms with Crippen molar-refractivity contribution >= 4 is 5.84 Å². The van der Waals surface area contributed by atoms with Gasteiger partial charge in [0.05, 0.1) is 5.84 Å². The summed E-state index contributed by atoms with van der Waals surface area (Å²) in [4.78, 5) is 2.26. The Hall–Kier alpha value is -0.530. The lowest BCUT2D eigenvalue weighted by Crippen LogP contribution is -2.49. The molecule has 70 valence electrons. The summed E-state index contributed by atoms with van der Waals surface area (Å²) in [7, 11) is 0. The second-order valence-electron chi connectivity index (χ2n) is 4.22. The second kappa shape index (κ2) is 3.46. The van der Waals surface area contributed by atoms with Crippen LogP contribution < -0.4 is 0 Å². The minimum Gasteiger partial charge on any atom is -0.355 e. The molecule has 12 heavy (non-hydrogen) atoms. The van der Waals surface area contributed by atoms with Gasteiger partial charge in [-0.15, -0.1) is 0 Å². The second-order valence-corrected chi connectivity index (χ2v) is 4.22. The van der Waals surface area contributed by atoms with E-state index in [-0.39, 0.29) is 5.54 Å². The smallest absolute Gasteiger partial charge is 0.0962 e. The Bertz CT molecular complexity index is 173.